The third-order valence-corrected chi connectivity index (χ3v) is 2.85. The van der Waals surface area contributed by atoms with Crippen LogP contribution >= 0.6 is 0 Å². The Balaban J connectivity index is 2.38. The van der Waals surface area contributed by atoms with Gasteiger partial charge in [-0.2, -0.15) is 8.42 Å². The van der Waals surface area contributed by atoms with Crippen LogP contribution < -0.4 is 0 Å². The van der Waals surface area contributed by atoms with E-state index in [1.165, 1.54) is 0 Å². The fourth-order valence-corrected chi connectivity index (χ4v) is 1.84. The van der Waals surface area contributed by atoms with Crippen molar-refractivity contribution < 1.29 is 13.0 Å². The van der Waals surface area contributed by atoms with Crippen LogP contribution in [0.15, 0.2) is 24.3 Å². The second kappa shape index (κ2) is 4.11. The van der Waals surface area contributed by atoms with E-state index in [0.29, 0.717) is 11.2 Å². The maximum Gasteiger partial charge on any atom is 0.265 e. The van der Waals surface area contributed by atoms with Crippen molar-refractivity contribution in [1.29, 1.82) is 0 Å². The lowest BCUT2D eigenvalue weighted by molar-refractivity contribution is 0.482. The molecule has 2 aromatic rings. The van der Waals surface area contributed by atoms with Gasteiger partial charge in [0.25, 0.3) is 10.1 Å². The SMILES string of the molecule is O=S(=O)(O)CCc1nnnc2ccccc12. The maximum absolute atomic E-state index is 10.6. The van der Waals surface area contributed by atoms with E-state index in [1.807, 2.05) is 12.1 Å². The molecule has 1 N–H and O–H groups in total. The molecule has 0 bridgehead atoms. The molecule has 0 aliphatic heterocycles. The van der Waals surface area contributed by atoms with Crippen molar-refractivity contribution in [3.63, 3.8) is 0 Å². The van der Waals surface area contributed by atoms with Crippen LogP contribution in [0.1, 0.15) is 5.69 Å². The molecule has 6 nitrogen and oxygen atoms in total. The smallest absolute Gasteiger partial charge is 0.265 e. The summed E-state index contributed by atoms with van der Waals surface area (Å²) in [5.74, 6) is -0.365. The first-order chi connectivity index (χ1) is 7.56. The predicted octanol–water partition coefficient (Wildman–Crippen LogP) is 0.455. The first-order valence-electron chi connectivity index (χ1n) is 4.58. The second-order valence-electron chi connectivity index (χ2n) is 3.29. The molecule has 0 amide bonds. The highest BCUT2D eigenvalue weighted by molar-refractivity contribution is 7.85. The number of aryl methyl sites for hydroxylation is 1. The number of rotatable bonds is 3. The van der Waals surface area contributed by atoms with Gasteiger partial charge in [-0.05, 0) is 11.3 Å². The van der Waals surface area contributed by atoms with Crippen molar-refractivity contribution in [1.82, 2.24) is 15.4 Å². The van der Waals surface area contributed by atoms with Crippen LogP contribution in [-0.4, -0.2) is 34.1 Å². The summed E-state index contributed by atoms with van der Waals surface area (Å²) in [6, 6.07) is 7.17. The summed E-state index contributed by atoms with van der Waals surface area (Å²) in [5.41, 5.74) is 1.17. The van der Waals surface area contributed by atoms with E-state index in [2.05, 4.69) is 15.4 Å². The second-order valence-corrected chi connectivity index (χ2v) is 4.86. The average Bonchev–Trinajstić information content (AvgIpc) is 2.25. The highest BCUT2D eigenvalue weighted by atomic mass is 32.2. The number of hydrogen-bond acceptors (Lipinski definition) is 5. The van der Waals surface area contributed by atoms with E-state index in [9.17, 15) is 8.42 Å². The Labute approximate surface area is 92.1 Å². The highest BCUT2D eigenvalue weighted by Gasteiger charge is 2.09. The molecular weight excluding hydrogens is 230 g/mol. The first kappa shape index (κ1) is 10.9. The highest BCUT2D eigenvalue weighted by Crippen LogP contribution is 2.13. The lowest BCUT2D eigenvalue weighted by Gasteiger charge is -2.01. The van der Waals surface area contributed by atoms with Gasteiger partial charge in [0, 0.05) is 11.8 Å². The monoisotopic (exact) mass is 239 g/mol. The molecule has 84 valence electrons. The fraction of sp³-hybridized carbons (Fsp3) is 0.222. The number of hydrogen-bond donors (Lipinski definition) is 1. The molecule has 0 saturated carbocycles. The third-order valence-electron chi connectivity index (χ3n) is 2.13. The molecule has 0 unspecified atom stereocenters. The van der Waals surface area contributed by atoms with Gasteiger partial charge in [-0.25, -0.2) is 0 Å². The van der Waals surface area contributed by atoms with E-state index >= 15 is 0 Å². The van der Waals surface area contributed by atoms with Gasteiger partial charge >= 0.3 is 0 Å². The van der Waals surface area contributed by atoms with E-state index in [1.54, 1.807) is 12.1 Å². The van der Waals surface area contributed by atoms with Crippen molar-refractivity contribution >= 4 is 21.0 Å². The molecule has 0 fully saturated rings. The molecule has 1 heterocycles. The van der Waals surface area contributed by atoms with Crippen molar-refractivity contribution in [2.24, 2.45) is 0 Å². The van der Waals surface area contributed by atoms with Crippen molar-refractivity contribution in [3.8, 4) is 0 Å². The molecular formula is C9H9N3O3S. The number of benzene rings is 1. The van der Waals surface area contributed by atoms with E-state index in [4.69, 9.17) is 4.55 Å². The number of aromatic nitrogens is 3. The summed E-state index contributed by atoms with van der Waals surface area (Å²) < 4.78 is 29.9. The topological polar surface area (TPSA) is 93.0 Å². The Morgan fingerprint density at radius 1 is 1.19 bits per heavy atom. The molecule has 16 heavy (non-hydrogen) atoms. The van der Waals surface area contributed by atoms with Crippen LogP contribution in [-0.2, 0) is 16.5 Å². The Morgan fingerprint density at radius 3 is 2.69 bits per heavy atom. The summed E-state index contributed by atoms with van der Waals surface area (Å²) in [5, 5.41) is 11.9. The van der Waals surface area contributed by atoms with Gasteiger partial charge < -0.3 is 0 Å². The van der Waals surface area contributed by atoms with Gasteiger partial charge in [-0.1, -0.05) is 18.2 Å². The normalized spacial score (nSPS) is 11.8. The largest absolute Gasteiger partial charge is 0.286 e. The van der Waals surface area contributed by atoms with Gasteiger partial charge in [0.15, 0.2) is 0 Å². The van der Waals surface area contributed by atoms with Gasteiger partial charge in [0.1, 0.15) is 0 Å². The van der Waals surface area contributed by atoms with Crippen LogP contribution in [0.2, 0.25) is 0 Å². The minimum Gasteiger partial charge on any atom is -0.286 e. The minimum absolute atomic E-state index is 0.120. The molecule has 0 radical (unpaired) electrons. The van der Waals surface area contributed by atoms with Crippen LogP contribution in [0.4, 0.5) is 0 Å². The molecule has 2 rings (SSSR count). The fourth-order valence-electron chi connectivity index (χ4n) is 1.39. The van der Waals surface area contributed by atoms with Crippen LogP contribution in [0.25, 0.3) is 10.9 Å². The summed E-state index contributed by atoms with van der Waals surface area (Å²) in [7, 11) is -3.98. The molecule has 0 spiro atoms. The van der Waals surface area contributed by atoms with Crippen LogP contribution in [0.3, 0.4) is 0 Å². The lowest BCUT2D eigenvalue weighted by atomic mass is 10.1. The van der Waals surface area contributed by atoms with Gasteiger partial charge in [0.2, 0.25) is 0 Å². The van der Waals surface area contributed by atoms with E-state index in [-0.39, 0.29) is 12.2 Å². The number of fused-ring (bicyclic) bond motifs is 1. The Bertz CT molecular complexity index is 607. The van der Waals surface area contributed by atoms with Gasteiger partial charge in [0.05, 0.1) is 17.0 Å². The van der Waals surface area contributed by atoms with Crippen molar-refractivity contribution in [2.45, 2.75) is 6.42 Å². The lowest BCUT2D eigenvalue weighted by Crippen LogP contribution is -2.09. The van der Waals surface area contributed by atoms with E-state index < -0.39 is 10.1 Å². The molecule has 7 heteroatoms. The minimum atomic E-state index is -3.98. The molecule has 0 aliphatic carbocycles. The Morgan fingerprint density at radius 2 is 1.94 bits per heavy atom. The van der Waals surface area contributed by atoms with Crippen molar-refractivity contribution in [3.05, 3.63) is 30.0 Å². The third kappa shape index (κ3) is 2.50. The quantitative estimate of drug-likeness (QED) is 0.782. The van der Waals surface area contributed by atoms with Crippen molar-refractivity contribution in [2.75, 3.05) is 5.75 Å². The van der Waals surface area contributed by atoms with Gasteiger partial charge in [-0.15, -0.1) is 10.2 Å². The number of nitrogens with zero attached hydrogens (tertiary/aromatic N) is 3. The predicted molar refractivity (Wildman–Crippen MR) is 57.5 cm³/mol. The first-order valence-corrected chi connectivity index (χ1v) is 6.19. The molecule has 1 aromatic carbocycles. The van der Waals surface area contributed by atoms with Crippen LogP contribution in [0, 0.1) is 0 Å². The summed E-state index contributed by atoms with van der Waals surface area (Å²) in [6.07, 6.45) is 0.120. The Kier molecular flexibility index (Phi) is 2.80. The summed E-state index contributed by atoms with van der Waals surface area (Å²) >= 11 is 0. The standard InChI is InChI=1S/C9H9N3O3S/c13-16(14,15)6-5-9-7-3-1-2-4-8(7)10-12-11-9/h1-4H,5-6H2,(H,13,14,15). The van der Waals surface area contributed by atoms with E-state index in [0.717, 1.165) is 5.39 Å². The zero-order chi connectivity index (χ0) is 11.6. The summed E-state index contributed by atoms with van der Waals surface area (Å²) in [4.78, 5) is 0. The zero-order valence-electron chi connectivity index (χ0n) is 8.24. The van der Waals surface area contributed by atoms with Crippen LogP contribution in [0.5, 0.6) is 0 Å². The molecule has 0 saturated heterocycles. The zero-order valence-corrected chi connectivity index (χ0v) is 9.05. The molecule has 1 aromatic heterocycles. The maximum atomic E-state index is 10.6. The Hall–Kier alpha value is -1.60. The summed E-state index contributed by atoms with van der Waals surface area (Å²) in [6.45, 7) is 0. The molecule has 0 aliphatic rings. The van der Waals surface area contributed by atoms with Gasteiger partial charge in [-0.3, -0.25) is 4.55 Å². The average molecular weight is 239 g/mol. The molecule has 0 atom stereocenters.